The van der Waals surface area contributed by atoms with E-state index >= 15 is 0 Å². The van der Waals surface area contributed by atoms with E-state index in [0.29, 0.717) is 27.3 Å². The van der Waals surface area contributed by atoms with Gasteiger partial charge in [-0.2, -0.15) is 0 Å². The van der Waals surface area contributed by atoms with E-state index in [2.05, 4.69) is 10.2 Å². The summed E-state index contributed by atoms with van der Waals surface area (Å²) < 4.78 is 1.87. The Morgan fingerprint density at radius 1 is 1.21 bits per heavy atom. The maximum absolute atomic E-state index is 9.38. The lowest BCUT2D eigenvalue weighted by atomic mass is 10.1. The number of aliphatic hydroxyl groups excluding tert-OH is 1. The molecular formula is C13H15Cl2N3O. The molecule has 1 aromatic carbocycles. The first-order valence-corrected chi connectivity index (χ1v) is 6.61. The Hall–Kier alpha value is -1.10. The Kier molecular flexibility index (Phi) is 3.85. The van der Waals surface area contributed by atoms with Gasteiger partial charge in [-0.25, -0.2) is 0 Å². The molecule has 0 bridgehead atoms. The quantitative estimate of drug-likeness (QED) is 0.923. The normalized spacial score (nSPS) is 11.9. The lowest BCUT2D eigenvalue weighted by Crippen LogP contribution is -2.25. The zero-order valence-corrected chi connectivity index (χ0v) is 12.5. The summed E-state index contributed by atoms with van der Waals surface area (Å²) in [5.41, 5.74) is 0.430. The van der Waals surface area contributed by atoms with Gasteiger partial charge in [0.25, 0.3) is 0 Å². The first kappa shape index (κ1) is 14.3. The maximum Gasteiger partial charge on any atom is 0.166 e. The van der Waals surface area contributed by atoms with Crippen LogP contribution in [0.25, 0.3) is 11.4 Å². The first-order chi connectivity index (χ1) is 8.84. The van der Waals surface area contributed by atoms with E-state index in [1.807, 2.05) is 25.3 Å². The highest BCUT2D eigenvalue weighted by Gasteiger charge is 2.24. The molecule has 6 heteroatoms. The molecule has 19 heavy (non-hydrogen) atoms. The van der Waals surface area contributed by atoms with E-state index in [0.717, 1.165) is 0 Å². The van der Waals surface area contributed by atoms with Gasteiger partial charge >= 0.3 is 0 Å². The van der Waals surface area contributed by atoms with Crippen LogP contribution >= 0.6 is 23.2 Å². The highest BCUT2D eigenvalue weighted by atomic mass is 35.5. The van der Waals surface area contributed by atoms with Crippen molar-refractivity contribution in [2.75, 3.05) is 0 Å². The molecule has 0 aliphatic rings. The summed E-state index contributed by atoms with van der Waals surface area (Å²) in [4.78, 5) is 0. The second-order valence-corrected chi connectivity index (χ2v) is 6.07. The van der Waals surface area contributed by atoms with Crippen LogP contribution in [0.3, 0.4) is 0 Å². The number of halogens is 2. The molecule has 4 nitrogen and oxygen atoms in total. The van der Waals surface area contributed by atoms with Crippen molar-refractivity contribution in [2.45, 2.75) is 32.9 Å². The summed E-state index contributed by atoms with van der Waals surface area (Å²) in [5, 5.41) is 18.7. The Morgan fingerprint density at radius 2 is 1.89 bits per heavy atom. The predicted octanol–water partition coefficient (Wildman–Crippen LogP) is 3.50. The minimum atomic E-state index is -0.275. The molecular weight excluding hydrogens is 285 g/mol. The van der Waals surface area contributed by atoms with E-state index in [-0.39, 0.29) is 12.1 Å². The number of hydrogen-bond donors (Lipinski definition) is 1. The summed E-state index contributed by atoms with van der Waals surface area (Å²) in [7, 11) is 0. The average molecular weight is 300 g/mol. The zero-order chi connectivity index (χ0) is 14.2. The van der Waals surface area contributed by atoms with Gasteiger partial charge in [0.2, 0.25) is 0 Å². The van der Waals surface area contributed by atoms with Crippen molar-refractivity contribution in [3.63, 3.8) is 0 Å². The van der Waals surface area contributed by atoms with Crippen molar-refractivity contribution in [3.05, 3.63) is 34.1 Å². The molecule has 0 aliphatic heterocycles. The highest BCUT2D eigenvalue weighted by Crippen LogP contribution is 2.32. The van der Waals surface area contributed by atoms with Gasteiger partial charge in [0.15, 0.2) is 11.6 Å². The molecule has 2 aromatic rings. The fourth-order valence-corrected chi connectivity index (χ4v) is 2.34. The number of benzene rings is 1. The number of nitrogens with zero attached hydrogens (tertiary/aromatic N) is 3. The minimum absolute atomic E-state index is 0.178. The second kappa shape index (κ2) is 5.12. The van der Waals surface area contributed by atoms with Crippen LogP contribution in [0.5, 0.6) is 0 Å². The van der Waals surface area contributed by atoms with Crippen LogP contribution in [-0.2, 0) is 12.1 Å². The van der Waals surface area contributed by atoms with E-state index in [4.69, 9.17) is 23.2 Å². The molecule has 102 valence electrons. The van der Waals surface area contributed by atoms with Crippen LogP contribution in [0.4, 0.5) is 0 Å². The van der Waals surface area contributed by atoms with E-state index < -0.39 is 0 Å². The number of aromatic nitrogens is 3. The molecule has 0 saturated carbocycles. The lowest BCUT2D eigenvalue weighted by molar-refractivity contribution is 0.250. The third-order valence-electron chi connectivity index (χ3n) is 2.71. The smallest absolute Gasteiger partial charge is 0.166 e. The molecule has 1 aromatic heterocycles. The van der Waals surface area contributed by atoms with Gasteiger partial charge in [-0.15, -0.1) is 10.2 Å². The fraction of sp³-hybridized carbons (Fsp3) is 0.385. The monoisotopic (exact) mass is 299 g/mol. The van der Waals surface area contributed by atoms with Crippen molar-refractivity contribution in [1.29, 1.82) is 0 Å². The summed E-state index contributed by atoms with van der Waals surface area (Å²) in [6.45, 7) is 5.86. The maximum atomic E-state index is 9.38. The number of rotatable bonds is 2. The van der Waals surface area contributed by atoms with Crippen molar-refractivity contribution in [3.8, 4) is 11.4 Å². The third-order valence-corrected chi connectivity index (χ3v) is 3.28. The summed E-state index contributed by atoms with van der Waals surface area (Å²) in [6, 6.07) is 5.19. The molecule has 2 rings (SSSR count). The molecule has 0 atom stereocenters. The zero-order valence-electron chi connectivity index (χ0n) is 11.0. The van der Waals surface area contributed by atoms with Gasteiger partial charge in [-0.1, -0.05) is 23.2 Å². The highest BCUT2D eigenvalue weighted by molar-refractivity contribution is 6.35. The van der Waals surface area contributed by atoms with Crippen LogP contribution in [0.2, 0.25) is 10.0 Å². The largest absolute Gasteiger partial charge is 0.388 e. The van der Waals surface area contributed by atoms with Crippen LogP contribution in [-0.4, -0.2) is 19.9 Å². The Morgan fingerprint density at radius 3 is 2.47 bits per heavy atom. The van der Waals surface area contributed by atoms with Crippen molar-refractivity contribution < 1.29 is 5.11 Å². The van der Waals surface area contributed by atoms with Gasteiger partial charge < -0.3 is 9.67 Å². The molecule has 1 heterocycles. The van der Waals surface area contributed by atoms with Crippen LogP contribution in [0.15, 0.2) is 18.2 Å². The van der Waals surface area contributed by atoms with Crippen LogP contribution in [0, 0.1) is 0 Å². The summed E-state index contributed by atoms with van der Waals surface area (Å²) >= 11 is 12.2. The Labute approximate surface area is 122 Å². The fourth-order valence-electron chi connectivity index (χ4n) is 1.97. The van der Waals surface area contributed by atoms with E-state index in [1.165, 1.54) is 0 Å². The SMILES string of the molecule is CC(C)(C)n1c(CO)nnc1-c1cc(Cl)ccc1Cl. The molecule has 0 amide bonds. The van der Waals surface area contributed by atoms with Crippen molar-refractivity contribution in [2.24, 2.45) is 0 Å². The molecule has 0 unspecified atom stereocenters. The third kappa shape index (κ3) is 2.76. The molecule has 0 spiro atoms. The Bertz CT molecular complexity index is 602. The van der Waals surface area contributed by atoms with Gasteiger partial charge in [0.1, 0.15) is 6.61 Å². The number of aliphatic hydroxyl groups is 1. The molecule has 0 aliphatic carbocycles. The standard InChI is InChI=1S/C13H15Cl2N3O/c1-13(2,3)18-11(7-19)16-17-12(18)9-6-8(14)4-5-10(9)15/h4-6,19H,7H2,1-3H3. The van der Waals surface area contributed by atoms with Crippen molar-refractivity contribution >= 4 is 23.2 Å². The topological polar surface area (TPSA) is 50.9 Å². The van der Waals surface area contributed by atoms with Crippen LogP contribution < -0.4 is 0 Å². The van der Waals surface area contributed by atoms with Gasteiger partial charge in [0, 0.05) is 16.1 Å². The van der Waals surface area contributed by atoms with E-state index in [9.17, 15) is 5.11 Å². The molecule has 0 saturated heterocycles. The summed E-state index contributed by atoms with van der Waals surface area (Å²) in [5.74, 6) is 1.10. The predicted molar refractivity (Wildman–Crippen MR) is 76.4 cm³/mol. The van der Waals surface area contributed by atoms with Gasteiger partial charge in [-0.3, -0.25) is 0 Å². The van der Waals surface area contributed by atoms with Crippen molar-refractivity contribution in [1.82, 2.24) is 14.8 Å². The molecule has 0 radical (unpaired) electrons. The van der Waals surface area contributed by atoms with Gasteiger partial charge in [-0.05, 0) is 39.0 Å². The van der Waals surface area contributed by atoms with Gasteiger partial charge in [0.05, 0.1) is 5.02 Å². The van der Waals surface area contributed by atoms with Crippen LogP contribution in [0.1, 0.15) is 26.6 Å². The van der Waals surface area contributed by atoms with E-state index in [1.54, 1.807) is 18.2 Å². The second-order valence-electron chi connectivity index (χ2n) is 5.23. The number of hydrogen-bond acceptors (Lipinski definition) is 3. The first-order valence-electron chi connectivity index (χ1n) is 5.85. The Balaban J connectivity index is 2.69. The summed E-state index contributed by atoms with van der Waals surface area (Å²) in [6.07, 6.45) is 0. The molecule has 0 fully saturated rings. The lowest BCUT2D eigenvalue weighted by Gasteiger charge is -2.24. The minimum Gasteiger partial charge on any atom is -0.388 e. The average Bonchev–Trinajstić information content (AvgIpc) is 2.75. The molecule has 1 N–H and O–H groups in total.